The van der Waals surface area contributed by atoms with Gasteiger partial charge in [-0.1, -0.05) is 35.9 Å². The first-order valence-electron chi connectivity index (χ1n) is 9.64. The normalized spacial score (nSPS) is 15.5. The van der Waals surface area contributed by atoms with E-state index in [-0.39, 0.29) is 29.5 Å². The van der Waals surface area contributed by atoms with Gasteiger partial charge in [-0.3, -0.25) is 30.0 Å². The molecular formula is C22H22ClN3O5. The van der Waals surface area contributed by atoms with E-state index in [1.54, 1.807) is 23.1 Å². The summed E-state index contributed by atoms with van der Waals surface area (Å²) in [4.78, 5) is 50.2. The van der Waals surface area contributed by atoms with E-state index >= 15 is 0 Å². The molecule has 8 nitrogen and oxygen atoms in total. The highest BCUT2D eigenvalue weighted by molar-refractivity contribution is 6.33. The number of anilines is 1. The average molecular weight is 444 g/mol. The summed E-state index contributed by atoms with van der Waals surface area (Å²) < 4.78 is 5.03. The van der Waals surface area contributed by atoms with Gasteiger partial charge in [-0.05, 0) is 43.2 Å². The Morgan fingerprint density at radius 3 is 2.61 bits per heavy atom. The lowest BCUT2D eigenvalue weighted by Crippen LogP contribution is -2.44. The zero-order valence-corrected chi connectivity index (χ0v) is 17.9. The van der Waals surface area contributed by atoms with E-state index in [9.17, 15) is 19.2 Å². The number of nitrogens with one attached hydrogen (secondary N) is 2. The number of esters is 1. The Kier molecular flexibility index (Phi) is 6.91. The molecule has 31 heavy (non-hydrogen) atoms. The van der Waals surface area contributed by atoms with E-state index in [0.717, 1.165) is 16.8 Å². The summed E-state index contributed by atoms with van der Waals surface area (Å²) in [6.07, 6.45) is 0.0110. The molecule has 162 valence electrons. The van der Waals surface area contributed by atoms with E-state index < -0.39 is 30.3 Å². The molecule has 1 saturated heterocycles. The van der Waals surface area contributed by atoms with Gasteiger partial charge in [-0.25, -0.2) is 0 Å². The number of amides is 3. The second-order valence-electron chi connectivity index (χ2n) is 7.29. The highest BCUT2D eigenvalue weighted by atomic mass is 35.5. The van der Waals surface area contributed by atoms with E-state index in [2.05, 4.69) is 10.9 Å². The largest absolute Gasteiger partial charge is 0.455 e. The van der Waals surface area contributed by atoms with Gasteiger partial charge in [0.15, 0.2) is 6.61 Å². The molecule has 3 rings (SSSR count). The summed E-state index contributed by atoms with van der Waals surface area (Å²) in [5, 5.41) is 0.236. The highest BCUT2D eigenvalue weighted by Crippen LogP contribution is 2.29. The van der Waals surface area contributed by atoms with Gasteiger partial charge in [0.1, 0.15) is 0 Å². The molecule has 2 aromatic rings. The Hall–Kier alpha value is -3.39. The molecule has 9 heteroatoms. The summed E-state index contributed by atoms with van der Waals surface area (Å²) in [6.45, 7) is 3.43. The molecule has 1 heterocycles. The molecule has 1 fully saturated rings. The third-order valence-electron chi connectivity index (χ3n) is 4.89. The van der Waals surface area contributed by atoms with Crippen LogP contribution in [0.4, 0.5) is 5.69 Å². The molecule has 0 saturated carbocycles. The van der Waals surface area contributed by atoms with Crippen LogP contribution in [0.3, 0.4) is 0 Å². The SMILES string of the molecule is Cc1ccc(C)c(N2C[C@H](C(=O)OCC(=O)NNC(=O)c3ccccc3Cl)CC2=O)c1. The first-order valence-corrected chi connectivity index (χ1v) is 10.0. The quantitative estimate of drug-likeness (QED) is 0.545. The van der Waals surface area contributed by atoms with E-state index in [0.29, 0.717) is 0 Å². The smallest absolute Gasteiger partial charge is 0.311 e. The molecule has 1 atom stereocenters. The summed E-state index contributed by atoms with van der Waals surface area (Å²) in [7, 11) is 0. The van der Waals surface area contributed by atoms with Crippen molar-refractivity contribution in [3.05, 3.63) is 64.2 Å². The first-order chi connectivity index (χ1) is 14.8. The van der Waals surface area contributed by atoms with E-state index in [4.69, 9.17) is 16.3 Å². The van der Waals surface area contributed by atoms with Crippen molar-refractivity contribution >= 4 is 41.0 Å². The topological polar surface area (TPSA) is 105 Å². The van der Waals surface area contributed by atoms with Crippen molar-refractivity contribution in [1.82, 2.24) is 10.9 Å². The van der Waals surface area contributed by atoms with Crippen LogP contribution in [0.5, 0.6) is 0 Å². The van der Waals surface area contributed by atoms with Crippen molar-refractivity contribution < 1.29 is 23.9 Å². The van der Waals surface area contributed by atoms with Gasteiger partial charge in [0.05, 0.1) is 16.5 Å². The molecule has 3 amide bonds. The van der Waals surface area contributed by atoms with Crippen molar-refractivity contribution in [2.24, 2.45) is 5.92 Å². The van der Waals surface area contributed by atoms with Crippen molar-refractivity contribution in [3.63, 3.8) is 0 Å². The molecule has 0 bridgehead atoms. The number of ether oxygens (including phenoxy) is 1. The van der Waals surface area contributed by atoms with Gasteiger partial charge >= 0.3 is 5.97 Å². The average Bonchev–Trinajstić information content (AvgIpc) is 3.13. The summed E-state index contributed by atoms with van der Waals surface area (Å²) in [5.41, 5.74) is 7.26. The maximum atomic E-state index is 12.4. The van der Waals surface area contributed by atoms with E-state index in [1.807, 2.05) is 32.0 Å². The Bertz CT molecular complexity index is 1040. The third-order valence-corrected chi connectivity index (χ3v) is 5.22. The number of benzene rings is 2. The highest BCUT2D eigenvalue weighted by Gasteiger charge is 2.37. The van der Waals surface area contributed by atoms with Crippen LogP contribution < -0.4 is 15.8 Å². The van der Waals surface area contributed by atoms with Crippen LogP contribution in [0, 0.1) is 19.8 Å². The van der Waals surface area contributed by atoms with Crippen molar-refractivity contribution in [1.29, 1.82) is 0 Å². The number of carbonyl (C=O) groups is 4. The molecule has 2 N–H and O–H groups in total. The molecule has 0 aliphatic carbocycles. The zero-order valence-electron chi connectivity index (χ0n) is 17.1. The number of rotatable bonds is 5. The number of nitrogens with zero attached hydrogens (tertiary/aromatic N) is 1. The lowest BCUT2D eigenvalue weighted by molar-refractivity contribution is -0.152. The van der Waals surface area contributed by atoms with Gasteiger partial charge < -0.3 is 9.64 Å². The number of carbonyl (C=O) groups excluding carboxylic acids is 4. The molecule has 0 radical (unpaired) electrons. The lowest BCUT2D eigenvalue weighted by atomic mass is 10.1. The fourth-order valence-corrected chi connectivity index (χ4v) is 3.46. The molecule has 0 unspecified atom stereocenters. The fraction of sp³-hybridized carbons (Fsp3) is 0.273. The number of hydrogen-bond donors (Lipinski definition) is 2. The number of hydrazine groups is 1. The van der Waals surface area contributed by atoms with Crippen molar-refractivity contribution in [2.75, 3.05) is 18.1 Å². The van der Waals surface area contributed by atoms with Crippen LogP contribution in [0.25, 0.3) is 0 Å². The van der Waals surface area contributed by atoms with Gasteiger partial charge in [0, 0.05) is 18.7 Å². The molecule has 0 spiro atoms. The van der Waals surface area contributed by atoms with Gasteiger partial charge in [0.2, 0.25) is 5.91 Å². The molecule has 1 aliphatic heterocycles. The Labute approximate surface area is 184 Å². The predicted molar refractivity (Wildman–Crippen MR) is 114 cm³/mol. The summed E-state index contributed by atoms with van der Waals surface area (Å²) in [5.74, 6) is -2.81. The first kappa shape index (κ1) is 22.3. The van der Waals surface area contributed by atoms with Crippen LogP contribution in [0.15, 0.2) is 42.5 Å². The van der Waals surface area contributed by atoms with E-state index in [1.165, 1.54) is 6.07 Å². The summed E-state index contributed by atoms with van der Waals surface area (Å²) >= 11 is 5.92. The zero-order chi connectivity index (χ0) is 22.5. The van der Waals surface area contributed by atoms with Gasteiger partial charge in [-0.15, -0.1) is 0 Å². The van der Waals surface area contributed by atoms with Crippen LogP contribution in [0.2, 0.25) is 5.02 Å². The Morgan fingerprint density at radius 1 is 1.13 bits per heavy atom. The molecule has 2 aromatic carbocycles. The number of halogens is 1. The number of hydrogen-bond acceptors (Lipinski definition) is 5. The van der Waals surface area contributed by atoms with Crippen LogP contribution >= 0.6 is 11.6 Å². The van der Waals surface area contributed by atoms with Crippen molar-refractivity contribution in [3.8, 4) is 0 Å². The minimum atomic E-state index is -0.718. The fourth-order valence-electron chi connectivity index (χ4n) is 3.24. The molecule has 1 aliphatic rings. The second-order valence-corrected chi connectivity index (χ2v) is 7.69. The maximum Gasteiger partial charge on any atom is 0.311 e. The second kappa shape index (κ2) is 9.61. The maximum absolute atomic E-state index is 12.4. The summed E-state index contributed by atoms with van der Waals surface area (Å²) in [6, 6.07) is 12.1. The minimum absolute atomic E-state index is 0.0110. The third kappa shape index (κ3) is 5.40. The van der Waals surface area contributed by atoms with Crippen molar-refractivity contribution in [2.45, 2.75) is 20.3 Å². The van der Waals surface area contributed by atoms with Gasteiger partial charge in [-0.2, -0.15) is 0 Å². The Morgan fingerprint density at radius 2 is 1.87 bits per heavy atom. The van der Waals surface area contributed by atoms with Gasteiger partial charge in [0.25, 0.3) is 11.8 Å². The monoisotopic (exact) mass is 443 g/mol. The van der Waals surface area contributed by atoms with Crippen LogP contribution in [0.1, 0.15) is 27.9 Å². The molecule has 0 aromatic heterocycles. The van der Waals surface area contributed by atoms with Crippen LogP contribution in [-0.2, 0) is 19.1 Å². The van der Waals surface area contributed by atoms with Crippen LogP contribution in [-0.4, -0.2) is 36.8 Å². The molecular weight excluding hydrogens is 422 g/mol. The number of aryl methyl sites for hydroxylation is 2. The Balaban J connectivity index is 1.49. The lowest BCUT2D eigenvalue weighted by Gasteiger charge is -2.19. The standard InChI is InChI=1S/C22H22ClN3O5/c1-13-7-8-14(2)18(9-13)26-11-15(10-20(26)28)22(30)31-12-19(27)24-25-21(29)16-5-3-4-6-17(16)23/h3-9,15H,10-12H2,1-2H3,(H,24,27)(H,25,29)/t15-/m1/s1. The predicted octanol–water partition coefficient (Wildman–Crippen LogP) is 2.31. The minimum Gasteiger partial charge on any atom is -0.455 e.